The summed E-state index contributed by atoms with van der Waals surface area (Å²) in [5.41, 5.74) is 0. The molecule has 106 valence electrons. The molecule has 1 heterocycles. The molecule has 18 heavy (non-hydrogen) atoms. The quantitative estimate of drug-likeness (QED) is 0.830. The molecule has 1 aliphatic heterocycles. The minimum absolute atomic E-state index is 0. The lowest BCUT2D eigenvalue weighted by atomic mass is 9.80. The van der Waals surface area contributed by atoms with Crippen LogP contribution in [-0.4, -0.2) is 25.0 Å². The van der Waals surface area contributed by atoms with Crippen molar-refractivity contribution in [3.05, 3.63) is 0 Å². The maximum absolute atomic E-state index is 12.1. The van der Waals surface area contributed by atoms with Crippen molar-refractivity contribution in [2.45, 2.75) is 57.9 Å². The zero-order valence-electron chi connectivity index (χ0n) is 11.4. The zero-order valence-corrected chi connectivity index (χ0v) is 12.2. The minimum atomic E-state index is 0. The van der Waals surface area contributed by atoms with Gasteiger partial charge in [-0.15, -0.1) is 12.4 Å². The molecule has 0 radical (unpaired) electrons. The summed E-state index contributed by atoms with van der Waals surface area (Å²) < 4.78 is 0. The second-order valence-electron chi connectivity index (χ2n) is 5.68. The van der Waals surface area contributed by atoms with Crippen LogP contribution < -0.4 is 10.6 Å². The van der Waals surface area contributed by atoms with Gasteiger partial charge in [0.05, 0.1) is 0 Å². The summed E-state index contributed by atoms with van der Waals surface area (Å²) in [6.45, 7) is 4.32. The van der Waals surface area contributed by atoms with Crippen LogP contribution in [0.25, 0.3) is 0 Å². The molecular formula is C14H27ClN2O. The summed E-state index contributed by atoms with van der Waals surface area (Å²) in [7, 11) is 0. The second-order valence-corrected chi connectivity index (χ2v) is 5.68. The van der Waals surface area contributed by atoms with Crippen LogP contribution in [0.15, 0.2) is 0 Å². The molecule has 1 amide bonds. The van der Waals surface area contributed by atoms with E-state index in [2.05, 4.69) is 17.6 Å². The van der Waals surface area contributed by atoms with E-state index < -0.39 is 0 Å². The van der Waals surface area contributed by atoms with E-state index in [-0.39, 0.29) is 12.4 Å². The Morgan fingerprint density at radius 1 is 1.22 bits per heavy atom. The number of piperidine rings is 1. The number of amides is 1. The Morgan fingerprint density at radius 2 is 1.94 bits per heavy atom. The van der Waals surface area contributed by atoms with Gasteiger partial charge in [-0.25, -0.2) is 0 Å². The van der Waals surface area contributed by atoms with Gasteiger partial charge in [0.1, 0.15) is 0 Å². The lowest BCUT2D eigenvalue weighted by Crippen LogP contribution is -2.47. The molecule has 1 saturated heterocycles. The van der Waals surface area contributed by atoms with E-state index in [4.69, 9.17) is 0 Å². The topological polar surface area (TPSA) is 41.1 Å². The molecule has 0 aromatic rings. The van der Waals surface area contributed by atoms with E-state index in [0.29, 0.717) is 17.9 Å². The van der Waals surface area contributed by atoms with Gasteiger partial charge in [0, 0.05) is 18.5 Å². The molecule has 1 unspecified atom stereocenters. The molecule has 2 N–H and O–H groups in total. The van der Waals surface area contributed by atoms with Crippen molar-refractivity contribution in [3.8, 4) is 0 Å². The lowest BCUT2D eigenvalue weighted by molar-refractivity contribution is -0.127. The van der Waals surface area contributed by atoms with Crippen LogP contribution in [0, 0.1) is 11.8 Å². The van der Waals surface area contributed by atoms with E-state index >= 15 is 0 Å². The first-order valence-electron chi connectivity index (χ1n) is 7.30. The standard InChI is InChI=1S/C14H26N2O.ClH/c1-2-11-5-7-12(8-6-11)14(17)16-13-4-3-9-15-10-13;/h11-13,15H,2-10H2,1H3,(H,16,17);1H. The highest BCUT2D eigenvalue weighted by Crippen LogP contribution is 2.30. The van der Waals surface area contributed by atoms with Crippen LogP contribution in [0.5, 0.6) is 0 Å². The van der Waals surface area contributed by atoms with E-state index in [0.717, 1.165) is 38.3 Å². The molecule has 1 atom stereocenters. The molecule has 0 bridgehead atoms. The molecule has 2 fully saturated rings. The first-order chi connectivity index (χ1) is 8.29. The third kappa shape index (κ3) is 4.43. The summed E-state index contributed by atoms with van der Waals surface area (Å²) in [6.07, 6.45) is 8.31. The predicted octanol–water partition coefficient (Wildman–Crippen LogP) is 2.49. The Morgan fingerprint density at radius 3 is 2.50 bits per heavy atom. The molecule has 1 aliphatic carbocycles. The zero-order chi connectivity index (χ0) is 12.1. The SMILES string of the molecule is CCC1CCC(C(=O)NC2CCCNC2)CC1.Cl. The van der Waals surface area contributed by atoms with Gasteiger partial charge >= 0.3 is 0 Å². The Kier molecular flexibility index (Phi) is 7.02. The van der Waals surface area contributed by atoms with Crippen molar-refractivity contribution in [1.29, 1.82) is 0 Å². The largest absolute Gasteiger partial charge is 0.352 e. The monoisotopic (exact) mass is 274 g/mol. The predicted molar refractivity (Wildman–Crippen MR) is 77.0 cm³/mol. The van der Waals surface area contributed by atoms with Crippen LogP contribution in [0.1, 0.15) is 51.9 Å². The molecular weight excluding hydrogens is 248 g/mol. The maximum Gasteiger partial charge on any atom is 0.223 e. The normalized spacial score (nSPS) is 32.4. The number of hydrogen-bond acceptors (Lipinski definition) is 2. The minimum Gasteiger partial charge on any atom is -0.352 e. The van der Waals surface area contributed by atoms with Gasteiger partial charge in [-0.2, -0.15) is 0 Å². The third-order valence-electron chi connectivity index (χ3n) is 4.44. The average Bonchev–Trinajstić information content (AvgIpc) is 2.40. The fourth-order valence-electron chi connectivity index (χ4n) is 3.13. The van der Waals surface area contributed by atoms with Crippen LogP contribution in [0.3, 0.4) is 0 Å². The molecule has 0 spiro atoms. The fourth-order valence-corrected chi connectivity index (χ4v) is 3.13. The highest BCUT2D eigenvalue weighted by molar-refractivity contribution is 5.85. The van der Waals surface area contributed by atoms with Crippen LogP contribution in [-0.2, 0) is 4.79 Å². The van der Waals surface area contributed by atoms with Gasteiger partial charge in [-0.3, -0.25) is 4.79 Å². The molecule has 4 heteroatoms. The highest BCUT2D eigenvalue weighted by Gasteiger charge is 2.27. The van der Waals surface area contributed by atoms with Crippen molar-refractivity contribution in [2.24, 2.45) is 11.8 Å². The van der Waals surface area contributed by atoms with Crippen molar-refractivity contribution in [1.82, 2.24) is 10.6 Å². The number of carbonyl (C=O) groups excluding carboxylic acids is 1. The Balaban J connectivity index is 0.00000162. The van der Waals surface area contributed by atoms with Crippen molar-refractivity contribution in [3.63, 3.8) is 0 Å². The number of rotatable bonds is 3. The third-order valence-corrected chi connectivity index (χ3v) is 4.44. The van der Waals surface area contributed by atoms with Crippen molar-refractivity contribution < 1.29 is 4.79 Å². The van der Waals surface area contributed by atoms with Crippen molar-refractivity contribution >= 4 is 18.3 Å². The van der Waals surface area contributed by atoms with E-state index in [1.165, 1.54) is 25.7 Å². The summed E-state index contributed by atoms with van der Waals surface area (Å²) in [6, 6.07) is 0.375. The number of carbonyl (C=O) groups is 1. The van der Waals surface area contributed by atoms with Crippen LogP contribution in [0.2, 0.25) is 0 Å². The number of halogens is 1. The molecule has 2 rings (SSSR count). The molecule has 3 nitrogen and oxygen atoms in total. The van der Waals surface area contributed by atoms with E-state index in [1.807, 2.05) is 0 Å². The Bertz CT molecular complexity index is 246. The summed E-state index contributed by atoms with van der Waals surface area (Å²) >= 11 is 0. The van der Waals surface area contributed by atoms with Gasteiger partial charge in [0.25, 0.3) is 0 Å². The van der Waals surface area contributed by atoms with E-state index in [1.54, 1.807) is 0 Å². The van der Waals surface area contributed by atoms with Gasteiger partial charge < -0.3 is 10.6 Å². The van der Waals surface area contributed by atoms with Gasteiger partial charge in [0.2, 0.25) is 5.91 Å². The summed E-state index contributed by atoms with van der Waals surface area (Å²) in [5.74, 6) is 1.48. The maximum atomic E-state index is 12.1. The van der Waals surface area contributed by atoms with Gasteiger partial charge in [-0.05, 0) is 51.0 Å². The highest BCUT2D eigenvalue weighted by atomic mass is 35.5. The van der Waals surface area contributed by atoms with E-state index in [9.17, 15) is 4.79 Å². The molecule has 0 aromatic carbocycles. The number of nitrogens with one attached hydrogen (secondary N) is 2. The summed E-state index contributed by atoms with van der Waals surface area (Å²) in [4.78, 5) is 12.1. The number of hydrogen-bond donors (Lipinski definition) is 2. The smallest absolute Gasteiger partial charge is 0.223 e. The molecule has 0 aromatic heterocycles. The first-order valence-corrected chi connectivity index (χ1v) is 7.30. The Hall–Kier alpha value is -0.280. The average molecular weight is 275 g/mol. The van der Waals surface area contributed by atoms with Crippen molar-refractivity contribution in [2.75, 3.05) is 13.1 Å². The second kappa shape index (κ2) is 8.00. The van der Waals surface area contributed by atoms with Crippen LogP contribution >= 0.6 is 12.4 Å². The fraction of sp³-hybridized carbons (Fsp3) is 0.929. The summed E-state index contributed by atoms with van der Waals surface area (Å²) in [5, 5.41) is 6.56. The van der Waals surface area contributed by atoms with Gasteiger partial charge in [0.15, 0.2) is 0 Å². The molecule has 1 saturated carbocycles. The molecule has 2 aliphatic rings. The van der Waals surface area contributed by atoms with Gasteiger partial charge in [-0.1, -0.05) is 13.3 Å². The first kappa shape index (κ1) is 15.8. The van der Waals surface area contributed by atoms with Crippen LogP contribution in [0.4, 0.5) is 0 Å². The lowest BCUT2D eigenvalue weighted by Gasteiger charge is -2.30. The Labute approximate surface area is 117 Å².